The van der Waals surface area contributed by atoms with E-state index in [2.05, 4.69) is 20.3 Å². The fourth-order valence-corrected chi connectivity index (χ4v) is 4.37. The predicted molar refractivity (Wildman–Crippen MR) is 140 cm³/mol. The number of benzene rings is 2. The van der Waals surface area contributed by atoms with E-state index in [1.54, 1.807) is 24.1 Å². The second-order valence-corrected chi connectivity index (χ2v) is 9.07. The normalized spacial score (nSPS) is 16.0. The molecule has 0 bridgehead atoms. The van der Waals surface area contributed by atoms with Gasteiger partial charge in [0.2, 0.25) is 0 Å². The van der Waals surface area contributed by atoms with Crippen molar-refractivity contribution in [2.45, 2.75) is 39.1 Å². The minimum absolute atomic E-state index is 0.156. The lowest BCUT2D eigenvalue weighted by Gasteiger charge is -2.22. The summed E-state index contributed by atoms with van der Waals surface area (Å²) in [6.07, 6.45) is 2.62. The molecule has 9 heteroatoms. The summed E-state index contributed by atoms with van der Waals surface area (Å²) < 4.78 is 12.1. The summed E-state index contributed by atoms with van der Waals surface area (Å²) in [6.45, 7) is 4.95. The summed E-state index contributed by atoms with van der Waals surface area (Å²) in [5, 5.41) is 13.8. The van der Waals surface area contributed by atoms with E-state index in [1.165, 1.54) is 6.33 Å². The molecule has 4 aromatic rings. The van der Waals surface area contributed by atoms with Gasteiger partial charge in [0.05, 0.1) is 22.7 Å². The van der Waals surface area contributed by atoms with E-state index in [-0.39, 0.29) is 5.91 Å². The van der Waals surface area contributed by atoms with Crippen LogP contribution in [0.5, 0.6) is 11.5 Å². The molecule has 1 aliphatic heterocycles. The molecule has 1 amide bonds. The van der Waals surface area contributed by atoms with E-state index in [0.29, 0.717) is 48.6 Å². The largest absolute Gasteiger partial charge is 0.487 e. The van der Waals surface area contributed by atoms with Crippen molar-refractivity contribution in [3.05, 3.63) is 78.4 Å². The average Bonchev–Trinajstić information content (AvgIpc) is 3.34. The quantitative estimate of drug-likeness (QED) is 0.374. The Morgan fingerprint density at radius 3 is 2.78 bits per heavy atom. The van der Waals surface area contributed by atoms with Crippen LogP contribution in [0.15, 0.2) is 67.1 Å². The SMILES string of the molecule is Cc1cc(Nc2ncnc3cccc(O[C@H](C)C(=O)N4CCC(O)C4)c23)ccc1OCc1ccccn1. The van der Waals surface area contributed by atoms with E-state index >= 15 is 0 Å². The first-order valence-electron chi connectivity index (χ1n) is 12.3. The fourth-order valence-electron chi connectivity index (χ4n) is 4.37. The zero-order chi connectivity index (χ0) is 25.8. The van der Waals surface area contributed by atoms with Crippen molar-refractivity contribution in [2.75, 3.05) is 18.4 Å². The summed E-state index contributed by atoms with van der Waals surface area (Å²) >= 11 is 0. The lowest BCUT2D eigenvalue weighted by Crippen LogP contribution is -2.39. The summed E-state index contributed by atoms with van der Waals surface area (Å²) in [5.74, 6) is 1.69. The number of nitrogens with zero attached hydrogens (tertiary/aromatic N) is 4. The van der Waals surface area contributed by atoms with Gasteiger partial charge in [0.1, 0.15) is 30.3 Å². The number of aliphatic hydroxyl groups is 1. The maximum absolute atomic E-state index is 12.8. The van der Waals surface area contributed by atoms with Gasteiger partial charge in [-0.25, -0.2) is 9.97 Å². The number of ether oxygens (including phenoxy) is 2. The van der Waals surface area contributed by atoms with Gasteiger partial charge in [-0.2, -0.15) is 0 Å². The molecule has 9 nitrogen and oxygen atoms in total. The van der Waals surface area contributed by atoms with Gasteiger partial charge in [0.25, 0.3) is 5.91 Å². The van der Waals surface area contributed by atoms with Crippen LogP contribution in [0.3, 0.4) is 0 Å². The molecule has 1 aliphatic rings. The number of β-amino-alcohol motifs (C(OH)–C–C–N with tert-alkyl or cyclic N) is 1. The molecule has 2 aromatic carbocycles. The van der Waals surface area contributed by atoms with E-state index in [9.17, 15) is 9.90 Å². The van der Waals surface area contributed by atoms with Gasteiger partial charge in [-0.15, -0.1) is 0 Å². The molecule has 2 atom stereocenters. The predicted octanol–water partition coefficient (Wildman–Crippen LogP) is 4.02. The topological polar surface area (TPSA) is 110 Å². The lowest BCUT2D eigenvalue weighted by molar-refractivity contribution is -0.137. The number of likely N-dealkylation sites (tertiary alicyclic amines) is 1. The van der Waals surface area contributed by atoms with Gasteiger partial charge < -0.3 is 24.8 Å². The van der Waals surface area contributed by atoms with E-state index < -0.39 is 12.2 Å². The minimum atomic E-state index is -0.721. The van der Waals surface area contributed by atoms with Crippen LogP contribution in [-0.4, -0.2) is 56.2 Å². The first-order chi connectivity index (χ1) is 18.0. The minimum Gasteiger partial charge on any atom is -0.487 e. The van der Waals surface area contributed by atoms with Crippen molar-refractivity contribution in [3.8, 4) is 11.5 Å². The number of aliphatic hydroxyl groups excluding tert-OH is 1. The highest BCUT2D eigenvalue weighted by molar-refractivity contribution is 5.96. The number of aromatic nitrogens is 3. The number of fused-ring (bicyclic) bond motifs is 1. The van der Waals surface area contributed by atoms with Crippen molar-refractivity contribution < 1.29 is 19.4 Å². The van der Waals surface area contributed by atoms with Gasteiger partial charge in [-0.1, -0.05) is 12.1 Å². The smallest absolute Gasteiger partial charge is 0.263 e. The highest BCUT2D eigenvalue weighted by Gasteiger charge is 2.29. The number of rotatable bonds is 8. The molecule has 37 heavy (non-hydrogen) atoms. The van der Waals surface area contributed by atoms with Crippen LogP contribution in [-0.2, 0) is 11.4 Å². The Hall–Kier alpha value is -4.24. The third kappa shape index (κ3) is 5.62. The van der Waals surface area contributed by atoms with Crippen LogP contribution in [0.4, 0.5) is 11.5 Å². The Morgan fingerprint density at radius 1 is 1.14 bits per heavy atom. The molecule has 2 aromatic heterocycles. The molecule has 1 unspecified atom stereocenters. The molecule has 190 valence electrons. The number of pyridine rings is 1. The average molecular weight is 500 g/mol. The van der Waals surface area contributed by atoms with Crippen molar-refractivity contribution in [1.82, 2.24) is 19.9 Å². The fraction of sp³-hybridized carbons (Fsp3) is 0.286. The Morgan fingerprint density at radius 2 is 2.03 bits per heavy atom. The third-order valence-corrected chi connectivity index (χ3v) is 6.29. The first-order valence-corrected chi connectivity index (χ1v) is 12.3. The molecule has 2 N–H and O–H groups in total. The molecule has 3 heterocycles. The summed E-state index contributed by atoms with van der Waals surface area (Å²) in [6, 6.07) is 17.1. The van der Waals surface area contributed by atoms with Crippen molar-refractivity contribution in [3.63, 3.8) is 0 Å². The van der Waals surface area contributed by atoms with Gasteiger partial charge in [-0.3, -0.25) is 9.78 Å². The summed E-state index contributed by atoms with van der Waals surface area (Å²) in [7, 11) is 0. The number of carbonyl (C=O) groups is 1. The Balaban J connectivity index is 1.34. The zero-order valence-electron chi connectivity index (χ0n) is 20.8. The molecule has 5 rings (SSSR count). The third-order valence-electron chi connectivity index (χ3n) is 6.29. The Bertz CT molecular complexity index is 1390. The molecular weight excluding hydrogens is 470 g/mol. The van der Waals surface area contributed by atoms with Crippen LogP contribution in [0.25, 0.3) is 10.9 Å². The number of nitrogens with one attached hydrogen (secondary N) is 1. The van der Waals surface area contributed by atoms with Crippen LogP contribution in [0.1, 0.15) is 24.6 Å². The van der Waals surface area contributed by atoms with Gasteiger partial charge in [0.15, 0.2) is 6.10 Å². The van der Waals surface area contributed by atoms with Crippen LogP contribution in [0.2, 0.25) is 0 Å². The second kappa shape index (κ2) is 10.8. The maximum Gasteiger partial charge on any atom is 0.263 e. The van der Waals surface area contributed by atoms with Gasteiger partial charge in [-0.05, 0) is 68.3 Å². The second-order valence-electron chi connectivity index (χ2n) is 9.07. The number of aryl methyl sites for hydroxylation is 1. The van der Waals surface area contributed by atoms with Crippen LogP contribution in [0, 0.1) is 6.92 Å². The number of amides is 1. The zero-order valence-corrected chi connectivity index (χ0v) is 20.8. The van der Waals surface area contributed by atoms with Crippen molar-refractivity contribution >= 4 is 28.3 Å². The molecule has 0 spiro atoms. The van der Waals surface area contributed by atoms with Crippen molar-refractivity contribution in [2.24, 2.45) is 0 Å². The molecule has 1 saturated heterocycles. The molecular formula is C28H29N5O4. The van der Waals surface area contributed by atoms with E-state index in [1.807, 2.05) is 55.5 Å². The number of hydrogen-bond donors (Lipinski definition) is 2. The molecule has 0 radical (unpaired) electrons. The Kier molecular flexibility index (Phi) is 7.14. The number of anilines is 2. The summed E-state index contributed by atoms with van der Waals surface area (Å²) in [4.78, 5) is 27.6. The maximum atomic E-state index is 12.8. The molecule has 0 aliphatic carbocycles. The highest BCUT2D eigenvalue weighted by Crippen LogP contribution is 2.33. The van der Waals surface area contributed by atoms with Crippen LogP contribution >= 0.6 is 0 Å². The summed E-state index contributed by atoms with van der Waals surface area (Å²) in [5.41, 5.74) is 3.34. The monoisotopic (exact) mass is 499 g/mol. The van der Waals surface area contributed by atoms with E-state index in [0.717, 1.165) is 22.7 Å². The van der Waals surface area contributed by atoms with E-state index in [4.69, 9.17) is 9.47 Å². The van der Waals surface area contributed by atoms with Crippen molar-refractivity contribution in [1.29, 1.82) is 0 Å². The first kappa shape index (κ1) is 24.5. The standard InChI is InChI=1S/C28H29N5O4/c1-18-14-20(9-10-24(18)36-16-21-6-3-4-12-29-21)32-27-26-23(30-17-31-27)7-5-8-25(26)37-19(2)28(35)33-13-11-22(34)15-33/h3-10,12,14,17,19,22,34H,11,13,15-16H2,1-2H3,(H,30,31,32)/t19-,22?/m1/s1. The van der Waals surface area contributed by atoms with Crippen LogP contribution < -0.4 is 14.8 Å². The number of carbonyl (C=O) groups excluding carboxylic acids is 1. The van der Waals surface area contributed by atoms with Gasteiger partial charge >= 0.3 is 0 Å². The number of hydrogen-bond acceptors (Lipinski definition) is 8. The Labute approximate surface area is 215 Å². The molecule has 1 fully saturated rings. The molecule has 0 saturated carbocycles. The highest BCUT2D eigenvalue weighted by atomic mass is 16.5. The lowest BCUT2D eigenvalue weighted by atomic mass is 10.1. The van der Waals surface area contributed by atoms with Gasteiger partial charge in [0, 0.05) is 25.0 Å².